The lowest BCUT2D eigenvalue weighted by Crippen LogP contribution is -2.43. The lowest BCUT2D eigenvalue weighted by atomic mass is 9.93. The van der Waals surface area contributed by atoms with Gasteiger partial charge in [-0.25, -0.2) is 4.79 Å². The number of rotatable bonds is 4. The van der Waals surface area contributed by atoms with E-state index in [0.717, 1.165) is 37.8 Å². The van der Waals surface area contributed by atoms with Gasteiger partial charge < -0.3 is 10.2 Å². The van der Waals surface area contributed by atoms with Crippen molar-refractivity contribution in [1.29, 1.82) is 0 Å². The Balaban J connectivity index is 1.48. The molecule has 0 radical (unpaired) electrons. The predicted molar refractivity (Wildman–Crippen MR) is 90.2 cm³/mol. The highest BCUT2D eigenvalue weighted by Gasteiger charge is 2.34. The fraction of sp³-hybridized carbons (Fsp3) is 0.500. The summed E-state index contributed by atoms with van der Waals surface area (Å²) in [5.74, 6) is 0. The van der Waals surface area contributed by atoms with E-state index in [1.54, 1.807) is 6.20 Å². The Hall–Kier alpha value is -2.37. The normalized spacial score (nSPS) is 19.6. The molecule has 1 saturated carbocycles. The number of hydrogen-bond acceptors (Lipinski definition) is 3. The smallest absolute Gasteiger partial charge is 0.318 e. The van der Waals surface area contributed by atoms with Gasteiger partial charge in [-0.15, -0.1) is 0 Å². The van der Waals surface area contributed by atoms with Crippen LogP contribution in [0, 0.1) is 0 Å². The summed E-state index contributed by atoms with van der Waals surface area (Å²) in [6.45, 7) is 0.573. The summed E-state index contributed by atoms with van der Waals surface area (Å²) in [7, 11) is 1.97. The second-order valence-corrected chi connectivity index (χ2v) is 6.74. The van der Waals surface area contributed by atoms with Gasteiger partial charge in [0.1, 0.15) is 0 Å². The molecule has 6 heteroatoms. The average Bonchev–Trinajstić information content (AvgIpc) is 3.37. The third kappa shape index (κ3) is 3.00. The minimum Gasteiger partial charge on any atom is -0.331 e. The lowest BCUT2D eigenvalue weighted by molar-refractivity contribution is 0.185. The molecule has 6 nitrogen and oxygen atoms in total. The maximum Gasteiger partial charge on any atom is 0.318 e. The Morgan fingerprint density at radius 3 is 3.00 bits per heavy atom. The highest BCUT2D eigenvalue weighted by molar-refractivity contribution is 5.75. The van der Waals surface area contributed by atoms with Crippen molar-refractivity contribution in [3.05, 3.63) is 47.5 Å². The minimum atomic E-state index is 0.0184. The summed E-state index contributed by atoms with van der Waals surface area (Å²) in [4.78, 5) is 19.2. The molecule has 2 aliphatic rings. The van der Waals surface area contributed by atoms with Crippen LogP contribution in [0.25, 0.3) is 0 Å². The van der Waals surface area contributed by atoms with Crippen LogP contribution in [0.1, 0.15) is 48.7 Å². The van der Waals surface area contributed by atoms with Crippen LogP contribution in [-0.2, 0) is 20.0 Å². The summed E-state index contributed by atoms with van der Waals surface area (Å²) in [6, 6.07) is 6.28. The molecule has 2 heterocycles. The number of urea groups is 1. The van der Waals surface area contributed by atoms with E-state index >= 15 is 0 Å². The number of aryl methyl sites for hydroxylation is 1. The van der Waals surface area contributed by atoms with Crippen LogP contribution in [0.3, 0.4) is 0 Å². The van der Waals surface area contributed by atoms with E-state index in [1.807, 2.05) is 41.0 Å². The molecule has 2 aromatic rings. The van der Waals surface area contributed by atoms with Crippen molar-refractivity contribution in [1.82, 2.24) is 25.0 Å². The van der Waals surface area contributed by atoms with Crippen LogP contribution in [0.4, 0.5) is 4.79 Å². The highest BCUT2D eigenvalue weighted by Crippen LogP contribution is 2.31. The van der Waals surface area contributed by atoms with Crippen LogP contribution in [-0.4, -0.2) is 31.7 Å². The number of fused-ring (bicyclic) bond motifs is 1. The number of nitrogens with one attached hydrogen (secondary N) is 1. The van der Waals surface area contributed by atoms with E-state index in [2.05, 4.69) is 15.4 Å². The van der Waals surface area contributed by atoms with Crippen molar-refractivity contribution < 1.29 is 4.79 Å². The molecule has 4 rings (SSSR count). The first-order valence-corrected chi connectivity index (χ1v) is 8.70. The molecule has 1 atom stereocenters. The predicted octanol–water partition coefficient (Wildman–Crippen LogP) is 2.57. The fourth-order valence-corrected chi connectivity index (χ4v) is 3.51. The topological polar surface area (TPSA) is 63.1 Å². The average molecular weight is 325 g/mol. The van der Waals surface area contributed by atoms with Crippen LogP contribution in [0.5, 0.6) is 0 Å². The number of nitrogens with zero attached hydrogens (tertiary/aromatic N) is 4. The van der Waals surface area contributed by atoms with Crippen LogP contribution < -0.4 is 5.32 Å². The molecule has 0 aliphatic heterocycles. The summed E-state index contributed by atoms with van der Waals surface area (Å²) in [5.41, 5.74) is 3.35. The minimum absolute atomic E-state index is 0.0184. The van der Waals surface area contributed by atoms with Crippen LogP contribution >= 0.6 is 0 Å². The number of carbonyl (C=O) groups excluding carboxylic acids is 1. The number of amides is 2. The van der Waals surface area contributed by atoms with Gasteiger partial charge in [0.2, 0.25) is 0 Å². The Labute approximate surface area is 141 Å². The van der Waals surface area contributed by atoms with Crippen molar-refractivity contribution >= 4 is 6.03 Å². The molecule has 0 saturated heterocycles. The monoisotopic (exact) mass is 325 g/mol. The van der Waals surface area contributed by atoms with Crippen LogP contribution in [0.15, 0.2) is 30.6 Å². The van der Waals surface area contributed by atoms with Gasteiger partial charge in [-0.3, -0.25) is 9.67 Å². The highest BCUT2D eigenvalue weighted by atomic mass is 16.2. The molecular weight excluding hydrogens is 302 g/mol. The Bertz CT molecular complexity index is 722. The van der Waals surface area contributed by atoms with Crippen molar-refractivity contribution in [3.63, 3.8) is 0 Å². The number of hydrogen-bond donors (Lipinski definition) is 1. The molecule has 0 bridgehead atoms. The van der Waals surface area contributed by atoms with Gasteiger partial charge in [0.15, 0.2) is 0 Å². The zero-order valence-electron chi connectivity index (χ0n) is 14.0. The molecule has 1 N–H and O–H groups in total. The van der Waals surface area contributed by atoms with Crippen molar-refractivity contribution in [2.45, 2.75) is 50.7 Å². The van der Waals surface area contributed by atoms with Gasteiger partial charge in [-0.1, -0.05) is 6.07 Å². The molecule has 2 amide bonds. The van der Waals surface area contributed by atoms with E-state index in [1.165, 1.54) is 11.3 Å². The first-order valence-electron chi connectivity index (χ1n) is 8.70. The van der Waals surface area contributed by atoms with Crippen LogP contribution in [0.2, 0.25) is 0 Å². The first kappa shape index (κ1) is 15.2. The molecule has 2 aliphatic carbocycles. The van der Waals surface area contributed by atoms with Gasteiger partial charge in [-0.05, 0) is 44.2 Å². The number of pyridine rings is 1. The Morgan fingerprint density at radius 2 is 2.25 bits per heavy atom. The fourth-order valence-electron chi connectivity index (χ4n) is 3.51. The second kappa shape index (κ2) is 6.26. The van der Waals surface area contributed by atoms with Gasteiger partial charge in [0, 0.05) is 30.5 Å². The Kier molecular flexibility index (Phi) is 3.96. The zero-order chi connectivity index (χ0) is 16.5. The molecular formula is C18H23N5O. The maximum absolute atomic E-state index is 12.9. The first-order chi connectivity index (χ1) is 11.7. The SMILES string of the molecule is Cn1ncc2c1CCC[C@H]2NC(=O)N(Cc1ccccn1)C1CC1. The maximum atomic E-state index is 12.9. The summed E-state index contributed by atoms with van der Waals surface area (Å²) in [5, 5.41) is 7.59. The van der Waals surface area contributed by atoms with Gasteiger partial charge in [0.25, 0.3) is 0 Å². The van der Waals surface area contributed by atoms with E-state index in [0.29, 0.717) is 12.6 Å². The summed E-state index contributed by atoms with van der Waals surface area (Å²) in [6.07, 6.45) is 8.96. The molecule has 0 aromatic carbocycles. The van der Waals surface area contributed by atoms with Crippen molar-refractivity contribution in [2.75, 3.05) is 0 Å². The quantitative estimate of drug-likeness (QED) is 0.940. The molecule has 0 spiro atoms. The Morgan fingerprint density at radius 1 is 1.38 bits per heavy atom. The van der Waals surface area contributed by atoms with Crippen molar-refractivity contribution in [3.8, 4) is 0 Å². The third-order valence-electron chi connectivity index (χ3n) is 4.98. The molecule has 2 aromatic heterocycles. The van der Waals surface area contributed by atoms with E-state index in [9.17, 15) is 4.79 Å². The standard InChI is InChI=1S/C18H23N5O/c1-22-17-7-4-6-16(15(17)11-20-22)21-18(24)23(14-8-9-14)12-13-5-2-3-10-19-13/h2-3,5,10-11,14,16H,4,6-9,12H2,1H3,(H,21,24)/t16-/m1/s1. The largest absolute Gasteiger partial charge is 0.331 e. The summed E-state index contributed by atoms with van der Waals surface area (Å²) < 4.78 is 1.93. The number of aromatic nitrogens is 3. The lowest BCUT2D eigenvalue weighted by Gasteiger charge is -2.28. The zero-order valence-corrected chi connectivity index (χ0v) is 14.0. The van der Waals surface area contributed by atoms with Crippen molar-refractivity contribution in [2.24, 2.45) is 7.05 Å². The second-order valence-electron chi connectivity index (χ2n) is 6.74. The van der Waals surface area contributed by atoms with Gasteiger partial charge >= 0.3 is 6.03 Å². The molecule has 0 unspecified atom stereocenters. The third-order valence-corrected chi connectivity index (χ3v) is 4.98. The number of carbonyl (C=O) groups is 1. The van der Waals surface area contributed by atoms with E-state index in [4.69, 9.17) is 0 Å². The summed E-state index contributed by atoms with van der Waals surface area (Å²) >= 11 is 0. The van der Waals surface area contributed by atoms with E-state index in [-0.39, 0.29) is 12.1 Å². The van der Waals surface area contributed by atoms with E-state index < -0.39 is 0 Å². The molecule has 126 valence electrons. The molecule has 1 fully saturated rings. The van der Waals surface area contributed by atoms with Gasteiger partial charge in [-0.2, -0.15) is 5.10 Å². The van der Waals surface area contributed by atoms with Gasteiger partial charge in [0.05, 0.1) is 24.5 Å². The molecule has 24 heavy (non-hydrogen) atoms.